The Kier molecular flexibility index (Phi) is 10.9. The number of unbranched alkanes of at least 4 members (excludes halogenated alkanes) is 2. The second-order valence-electron chi connectivity index (χ2n) is 10.6. The summed E-state index contributed by atoms with van der Waals surface area (Å²) in [6.45, 7) is 0.647. The number of halogens is 1. The zero-order valence-electron chi connectivity index (χ0n) is 25.8. The SMILES string of the molecule is COc1cc2cc(C(=O)NCCCc3ccc(F)cc3)c(=O)oc2cc1OCCCCCOc1no[n+]([O-])c1S(=O)(=O)c1ccccc1. The van der Waals surface area contributed by atoms with Crippen molar-refractivity contribution in [3.05, 3.63) is 105 Å². The number of fused-ring (bicyclic) bond motifs is 1. The van der Waals surface area contributed by atoms with Crippen molar-refractivity contribution in [3.8, 4) is 17.4 Å². The van der Waals surface area contributed by atoms with Crippen LogP contribution in [0.4, 0.5) is 4.39 Å². The molecule has 13 nitrogen and oxygen atoms in total. The first kappa shape index (κ1) is 33.9. The summed E-state index contributed by atoms with van der Waals surface area (Å²) in [5.41, 5.74) is 0.193. The predicted molar refractivity (Wildman–Crippen MR) is 168 cm³/mol. The molecule has 0 bridgehead atoms. The van der Waals surface area contributed by atoms with Crippen molar-refractivity contribution in [2.75, 3.05) is 26.9 Å². The summed E-state index contributed by atoms with van der Waals surface area (Å²) in [5, 5.41) is 17.9. The molecule has 1 N–H and O–H groups in total. The van der Waals surface area contributed by atoms with E-state index >= 15 is 0 Å². The number of nitrogens with one attached hydrogen (secondary N) is 1. The highest BCUT2D eigenvalue weighted by molar-refractivity contribution is 7.91. The summed E-state index contributed by atoms with van der Waals surface area (Å²) in [5.74, 6) is -0.603. The van der Waals surface area contributed by atoms with Crippen molar-refractivity contribution in [1.29, 1.82) is 0 Å². The van der Waals surface area contributed by atoms with E-state index in [9.17, 15) is 27.6 Å². The molecule has 0 unspecified atom stereocenters. The Morgan fingerprint density at radius 1 is 0.958 bits per heavy atom. The number of rotatable bonds is 16. The van der Waals surface area contributed by atoms with Crippen LogP contribution >= 0.6 is 0 Å². The summed E-state index contributed by atoms with van der Waals surface area (Å²) in [6, 6.07) is 18.1. The molecule has 0 aliphatic heterocycles. The van der Waals surface area contributed by atoms with E-state index < -0.39 is 32.3 Å². The molecule has 48 heavy (non-hydrogen) atoms. The highest BCUT2D eigenvalue weighted by atomic mass is 32.2. The van der Waals surface area contributed by atoms with Gasteiger partial charge < -0.3 is 29.2 Å². The number of hydrogen-bond acceptors (Lipinski definition) is 11. The van der Waals surface area contributed by atoms with E-state index in [-0.39, 0.29) is 40.0 Å². The predicted octanol–water partition coefficient (Wildman–Crippen LogP) is 4.39. The summed E-state index contributed by atoms with van der Waals surface area (Å²) in [4.78, 5) is 25.0. The van der Waals surface area contributed by atoms with Crippen LogP contribution in [0.25, 0.3) is 11.0 Å². The van der Waals surface area contributed by atoms with E-state index in [1.54, 1.807) is 24.3 Å². The molecule has 0 atom stereocenters. The van der Waals surface area contributed by atoms with Gasteiger partial charge in [-0.1, -0.05) is 30.3 Å². The van der Waals surface area contributed by atoms with Crippen LogP contribution in [-0.4, -0.2) is 46.3 Å². The second-order valence-corrected chi connectivity index (χ2v) is 12.5. The van der Waals surface area contributed by atoms with E-state index in [2.05, 4.69) is 15.1 Å². The molecule has 5 aromatic rings. The maximum Gasteiger partial charge on any atom is 0.414 e. The van der Waals surface area contributed by atoms with Gasteiger partial charge in [0.25, 0.3) is 15.7 Å². The van der Waals surface area contributed by atoms with Crippen molar-refractivity contribution in [3.63, 3.8) is 0 Å². The van der Waals surface area contributed by atoms with E-state index in [1.165, 1.54) is 55.6 Å². The third kappa shape index (κ3) is 8.09. The third-order valence-corrected chi connectivity index (χ3v) is 8.97. The molecule has 252 valence electrons. The zero-order chi connectivity index (χ0) is 34.1. The van der Waals surface area contributed by atoms with Gasteiger partial charge in [0.1, 0.15) is 17.0 Å². The largest absolute Gasteiger partial charge is 0.493 e. The Morgan fingerprint density at radius 2 is 1.69 bits per heavy atom. The lowest BCUT2D eigenvalue weighted by Crippen LogP contribution is -2.30. The minimum atomic E-state index is -4.20. The molecule has 5 rings (SSSR count). The van der Waals surface area contributed by atoms with Gasteiger partial charge in [0.15, 0.2) is 11.5 Å². The minimum absolute atomic E-state index is 0.0679. The molecule has 0 radical (unpaired) electrons. The molecule has 0 aliphatic rings. The Labute approximate surface area is 274 Å². The first-order valence-corrected chi connectivity index (χ1v) is 16.5. The van der Waals surface area contributed by atoms with Gasteiger partial charge >= 0.3 is 16.5 Å². The summed E-state index contributed by atoms with van der Waals surface area (Å²) in [6.07, 6.45) is 2.91. The monoisotopic (exact) mass is 681 g/mol. The number of aryl methyl sites for hydroxylation is 1. The van der Waals surface area contributed by atoms with Crippen molar-refractivity contribution >= 4 is 26.7 Å². The van der Waals surface area contributed by atoms with Crippen molar-refractivity contribution in [1.82, 2.24) is 10.5 Å². The number of benzene rings is 3. The normalized spacial score (nSPS) is 11.4. The van der Waals surface area contributed by atoms with Gasteiger partial charge in [-0.3, -0.25) is 9.42 Å². The third-order valence-electron chi connectivity index (χ3n) is 7.24. The maximum absolute atomic E-state index is 13.1. The highest BCUT2D eigenvalue weighted by Crippen LogP contribution is 2.32. The van der Waals surface area contributed by atoms with Crippen LogP contribution in [0.1, 0.15) is 41.6 Å². The lowest BCUT2D eigenvalue weighted by molar-refractivity contribution is -0.832. The summed E-state index contributed by atoms with van der Waals surface area (Å²) >= 11 is 0. The fraction of sp³-hybridized carbons (Fsp3) is 0.273. The average molecular weight is 682 g/mol. The quantitative estimate of drug-likeness (QED) is 0.0889. The molecular formula is C33H32FN3O10S. The molecule has 2 aromatic heterocycles. The Balaban J connectivity index is 1.10. The lowest BCUT2D eigenvalue weighted by atomic mass is 10.1. The number of nitrogens with zero attached hydrogens (tertiary/aromatic N) is 2. The summed E-state index contributed by atoms with van der Waals surface area (Å²) < 4.78 is 65.5. The first-order valence-electron chi connectivity index (χ1n) is 15.0. The van der Waals surface area contributed by atoms with Crippen LogP contribution in [0.5, 0.6) is 17.4 Å². The average Bonchev–Trinajstić information content (AvgIpc) is 3.47. The van der Waals surface area contributed by atoms with Crippen molar-refractivity contribution in [2.24, 2.45) is 0 Å². The second kappa shape index (κ2) is 15.4. The molecule has 1 amide bonds. The maximum atomic E-state index is 13.1. The van der Waals surface area contributed by atoms with E-state index in [0.717, 1.165) is 5.56 Å². The smallest absolute Gasteiger partial charge is 0.414 e. The molecule has 2 heterocycles. The highest BCUT2D eigenvalue weighted by Gasteiger charge is 2.35. The van der Waals surface area contributed by atoms with E-state index in [4.69, 9.17) is 18.6 Å². The zero-order valence-corrected chi connectivity index (χ0v) is 26.7. The number of aromatic nitrogens is 2. The topological polar surface area (TPSA) is 174 Å². The molecule has 0 fully saturated rings. The van der Waals surface area contributed by atoms with Crippen LogP contribution in [0.3, 0.4) is 0 Å². The number of hydrogen-bond donors (Lipinski definition) is 1. The molecule has 0 aliphatic carbocycles. The number of carbonyl (C=O) groups is 1. The number of ether oxygens (including phenoxy) is 3. The van der Waals surface area contributed by atoms with Crippen LogP contribution < -0.4 is 30.1 Å². The van der Waals surface area contributed by atoms with Gasteiger partial charge in [-0.25, -0.2) is 17.6 Å². The van der Waals surface area contributed by atoms with E-state index in [1.807, 2.05) is 0 Å². The van der Waals surface area contributed by atoms with Crippen molar-refractivity contribution in [2.45, 2.75) is 42.0 Å². The van der Waals surface area contributed by atoms with Crippen LogP contribution in [0, 0.1) is 11.0 Å². The Bertz CT molecular complexity index is 2030. The number of sulfone groups is 1. The Morgan fingerprint density at radius 3 is 2.42 bits per heavy atom. The molecule has 0 saturated carbocycles. The fourth-order valence-electron chi connectivity index (χ4n) is 4.77. The van der Waals surface area contributed by atoms with E-state index in [0.29, 0.717) is 55.5 Å². The van der Waals surface area contributed by atoms with Gasteiger partial charge in [-0.2, -0.15) is 0 Å². The molecular weight excluding hydrogens is 649 g/mol. The number of amides is 1. The Hall–Kier alpha value is -5.44. The lowest BCUT2D eigenvalue weighted by Gasteiger charge is -2.12. The number of methoxy groups -OCH3 is 1. The van der Waals surface area contributed by atoms with Crippen LogP contribution in [-0.2, 0) is 16.3 Å². The summed E-state index contributed by atoms with van der Waals surface area (Å²) in [7, 11) is -2.74. The number of carbonyl (C=O) groups excluding carboxylic acids is 1. The van der Waals surface area contributed by atoms with Gasteiger partial charge in [-0.05, 0) is 79.0 Å². The molecule has 0 saturated heterocycles. The van der Waals surface area contributed by atoms with Gasteiger partial charge in [0.2, 0.25) is 0 Å². The van der Waals surface area contributed by atoms with Gasteiger partial charge in [0, 0.05) is 18.0 Å². The first-order chi connectivity index (χ1) is 23.2. The minimum Gasteiger partial charge on any atom is -0.493 e. The molecule has 0 spiro atoms. The van der Waals surface area contributed by atoms with Crippen LogP contribution in [0.2, 0.25) is 0 Å². The standard InChI is InChI=1S/C33H32FN3O10S/c1-43-28-20-23-19-26(30(38)35-16-8-9-22-12-14-24(34)15-13-22)33(39)46-27(23)21-29(28)44-17-6-3-7-18-45-31-32(37(40)47-36-31)48(41,42)25-10-4-2-5-11-25/h2,4-5,10-15,19-21H,3,6-9,16-18H2,1H3,(H,35,38). The fourth-order valence-corrected chi connectivity index (χ4v) is 6.07. The molecule has 3 aromatic carbocycles. The van der Waals surface area contributed by atoms with Gasteiger partial charge in [0.05, 0.1) is 30.4 Å². The molecule has 15 heteroatoms. The van der Waals surface area contributed by atoms with Crippen LogP contribution in [0.15, 0.2) is 96.6 Å². The van der Waals surface area contributed by atoms with Crippen molar-refractivity contribution < 1.29 is 45.8 Å². The van der Waals surface area contributed by atoms with Gasteiger partial charge in [-0.15, -0.1) is 0 Å².